The summed E-state index contributed by atoms with van der Waals surface area (Å²) in [6, 6.07) is 8.56. The summed E-state index contributed by atoms with van der Waals surface area (Å²) in [7, 11) is 0. The first-order chi connectivity index (χ1) is 10.2. The monoisotopic (exact) mass is 287 g/mol. The van der Waals surface area contributed by atoms with Crippen molar-refractivity contribution in [2.24, 2.45) is 0 Å². The van der Waals surface area contributed by atoms with E-state index in [4.69, 9.17) is 0 Å². The van der Waals surface area contributed by atoms with Gasteiger partial charge in [0.25, 0.3) is 0 Å². The first kappa shape index (κ1) is 14.5. The minimum atomic E-state index is -0.335. The van der Waals surface area contributed by atoms with E-state index in [1.807, 2.05) is 0 Å². The van der Waals surface area contributed by atoms with Gasteiger partial charge in [0, 0.05) is 24.7 Å². The fourth-order valence-electron chi connectivity index (χ4n) is 3.83. The number of fused-ring (bicyclic) bond motifs is 2. The molecule has 2 aliphatic heterocycles. The van der Waals surface area contributed by atoms with Crippen LogP contribution >= 0.6 is 0 Å². The average Bonchev–Trinajstić information content (AvgIpc) is 2.84. The molecule has 2 bridgehead atoms. The molecular formula is C17H22FN3. The third-order valence-corrected chi connectivity index (χ3v) is 4.94. The third kappa shape index (κ3) is 3.09. The number of halogens is 1. The van der Waals surface area contributed by atoms with Gasteiger partial charge in [-0.05, 0) is 49.9 Å². The Balaban J connectivity index is 1.74. The number of hydrogen-bond acceptors (Lipinski definition) is 3. The number of nitriles is 1. The van der Waals surface area contributed by atoms with Crippen molar-refractivity contribution in [3.8, 4) is 6.07 Å². The van der Waals surface area contributed by atoms with Gasteiger partial charge in [-0.25, -0.2) is 4.39 Å². The minimum absolute atomic E-state index is 0.335. The maximum atomic E-state index is 13.2. The van der Waals surface area contributed by atoms with Gasteiger partial charge in [-0.1, -0.05) is 13.0 Å². The van der Waals surface area contributed by atoms with Crippen LogP contribution in [0.3, 0.4) is 0 Å². The zero-order valence-corrected chi connectivity index (χ0v) is 12.5. The van der Waals surface area contributed by atoms with E-state index in [2.05, 4.69) is 23.2 Å². The molecule has 1 N–H and O–H groups in total. The number of rotatable bonds is 4. The molecule has 112 valence electrons. The van der Waals surface area contributed by atoms with Gasteiger partial charge in [-0.2, -0.15) is 5.26 Å². The fourth-order valence-corrected chi connectivity index (χ4v) is 3.83. The van der Waals surface area contributed by atoms with E-state index in [-0.39, 0.29) is 5.82 Å². The fraction of sp³-hybridized carbons (Fsp3) is 0.588. The molecule has 3 nitrogen and oxygen atoms in total. The Bertz CT molecular complexity index is 539. The number of hydrogen-bond donors (Lipinski definition) is 1. The van der Waals surface area contributed by atoms with Crippen LogP contribution in [0.1, 0.15) is 43.7 Å². The van der Waals surface area contributed by atoms with Crippen molar-refractivity contribution in [3.63, 3.8) is 0 Å². The van der Waals surface area contributed by atoms with E-state index in [0.29, 0.717) is 23.7 Å². The first-order valence-corrected chi connectivity index (χ1v) is 7.88. The molecule has 3 rings (SSSR count). The molecule has 2 saturated heterocycles. The molecule has 2 atom stereocenters. The van der Waals surface area contributed by atoms with E-state index in [9.17, 15) is 9.65 Å². The summed E-state index contributed by atoms with van der Waals surface area (Å²) in [5, 5.41) is 12.9. The topological polar surface area (TPSA) is 39.1 Å². The van der Waals surface area contributed by atoms with Gasteiger partial charge in [-0.3, -0.25) is 4.90 Å². The lowest BCUT2D eigenvalue weighted by molar-refractivity contribution is 0.140. The van der Waals surface area contributed by atoms with E-state index in [0.717, 1.165) is 18.7 Å². The van der Waals surface area contributed by atoms with Crippen LogP contribution in [0.5, 0.6) is 0 Å². The smallest absolute Gasteiger partial charge is 0.124 e. The van der Waals surface area contributed by atoms with E-state index in [1.54, 1.807) is 6.07 Å². The third-order valence-electron chi connectivity index (χ3n) is 4.94. The molecular weight excluding hydrogens is 265 g/mol. The molecule has 4 heteroatoms. The molecule has 1 aromatic rings. The lowest BCUT2D eigenvalue weighted by Crippen LogP contribution is -2.48. The first-order valence-electron chi connectivity index (χ1n) is 7.88. The van der Waals surface area contributed by atoms with Crippen molar-refractivity contribution >= 4 is 0 Å². The summed E-state index contributed by atoms with van der Waals surface area (Å²) >= 11 is 0. The second kappa shape index (κ2) is 6.13. The van der Waals surface area contributed by atoms with Crippen molar-refractivity contribution in [3.05, 3.63) is 35.1 Å². The largest absolute Gasteiger partial charge is 0.311 e. The quantitative estimate of drug-likeness (QED) is 0.925. The lowest BCUT2D eigenvalue weighted by Gasteiger charge is -2.37. The standard InChI is InChI=1S/C17H22FN3/c1-2-21(17-8-15-5-6-16(9-17)20-15)11-12-3-4-14(18)7-13(12)10-19/h3-4,7,15-17,20H,2,5-6,8-9,11H2,1H3. The number of nitrogens with zero attached hydrogens (tertiary/aromatic N) is 2. The number of nitrogens with one attached hydrogen (secondary N) is 1. The van der Waals surface area contributed by atoms with E-state index >= 15 is 0 Å². The van der Waals surface area contributed by atoms with Crippen molar-refractivity contribution in [2.75, 3.05) is 6.54 Å². The highest BCUT2D eigenvalue weighted by atomic mass is 19.1. The molecule has 2 aliphatic rings. The molecule has 0 aromatic heterocycles. The lowest BCUT2D eigenvalue weighted by atomic mass is 9.97. The predicted molar refractivity (Wildman–Crippen MR) is 80.2 cm³/mol. The van der Waals surface area contributed by atoms with Gasteiger partial charge in [0.15, 0.2) is 0 Å². The Hall–Kier alpha value is -1.44. The summed E-state index contributed by atoms with van der Waals surface area (Å²) in [4.78, 5) is 2.44. The van der Waals surface area contributed by atoms with Gasteiger partial charge in [0.1, 0.15) is 5.82 Å². The van der Waals surface area contributed by atoms with Crippen molar-refractivity contribution in [2.45, 2.75) is 57.3 Å². The van der Waals surface area contributed by atoms with Gasteiger partial charge >= 0.3 is 0 Å². The van der Waals surface area contributed by atoms with Crippen molar-refractivity contribution in [1.82, 2.24) is 10.2 Å². The molecule has 0 amide bonds. The summed E-state index contributed by atoms with van der Waals surface area (Å²) in [6.45, 7) is 3.87. The maximum Gasteiger partial charge on any atom is 0.124 e. The normalized spacial score (nSPS) is 27.8. The Morgan fingerprint density at radius 1 is 1.33 bits per heavy atom. The zero-order chi connectivity index (χ0) is 14.8. The molecule has 0 radical (unpaired) electrons. The van der Waals surface area contributed by atoms with Crippen molar-refractivity contribution < 1.29 is 4.39 Å². The molecule has 0 saturated carbocycles. The molecule has 1 aromatic carbocycles. The maximum absolute atomic E-state index is 13.2. The molecule has 0 aliphatic carbocycles. The van der Waals surface area contributed by atoms with Crippen LogP contribution in [-0.4, -0.2) is 29.6 Å². The Kier molecular flexibility index (Phi) is 4.23. The summed E-state index contributed by atoms with van der Waals surface area (Å²) < 4.78 is 13.2. The highest BCUT2D eigenvalue weighted by molar-refractivity contribution is 5.37. The van der Waals surface area contributed by atoms with Gasteiger partial charge in [0.05, 0.1) is 11.6 Å². The van der Waals surface area contributed by atoms with Crippen LogP contribution in [0, 0.1) is 17.1 Å². The van der Waals surface area contributed by atoms with Crippen molar-refractivity contribution in [1.29, 1.82) is 5.26 Å². The highest BCUT2D eigenvalue weighted by Gasteiger charge is 2.35. The van der Waals surface area contributed by atoms with Crippen LogP contribution in [0.25, 0.3) is 0 Å². The molecule has 0 spiro atoms. The highest BCUT2D eigenvalue weighted by Crippen LogP contribution is 2.30. The summed E-state index contributed by atoms with van der Waals surface area (Å²) in [6.07, 6.45) is 4.96. The minimum Gasteiger partial charge on any atom is -0.311 e. The Labute approximate surface area is 125 Å². The van der Waals surface area contributed by atoms with E-state index < -0.39 is 0 Å². The van der Waals surface area contributed by atoms with Crippen LogP contribution in [0.2, 0.25) is 0 Å². The Morgan fingerprint density at radius 2 is 2.05 bits per heavy atom. The average molecular weight is 287 g/mol. The second-order valence-electron chi connectivity index (χ2n) is 6.24. The SMILES string of the molecule is CCN(Cc1ccc(F)cc1C#N)C1CC2CCC(C1)N2. The van der Waals surface area contributed by atoms with Crippen LogP contribution in [-0.2, 0) is 6.54 Å². The predicted octanol–water partition coefficient (Wildman–Crippen LogP) is 2.80. The Morgan fingerprint density at radius 3 is 2.67 bits per heavy atom. The molecule has 2 unspecified atom stereocenters. The summed E-state index contributed by atoms with van der Waals surface area (Å²) in [5.41, 5.74) is 1.40. The van der Waals surface area contributed by atoms with Gasteiger partial charge in [0.2, 0.25) is 0 Å². The molecule has 21 heavy (non-hydrogen) atoms. The van der Waals surface area contributed by atoms with Crippen LogP contribution in [0.4, 0.5) is 4.39 Å². The van der Waals surface area contributed by atoms with Crippen LogP contribution in [0.15, 0.2) is 18.2 Å². The zero-order valence-electron chi connectivity index (χ0n) is 12.5. The number of piperidine rings is 1. The second-order valence-corrected chi connectivity index (χ2v) is 6.24. The molecule has 2 heterocycles. The molecule has 2 fully saturated rings. The van der Waals surface area contributed by atoms with E-state index in [1.165, 1.54) is 37.8 Å². The van der Waals surface area contributed by atoms with Gasteiger partial charge in [-0.15, -0.1) is 0 Å². The van der Waals surface area contributed by atoms with Gasteiger partial charge < -0.3 is 5.32 Å². The summed E-state index contributed by atoms with van der Waals surface area (Å²) in [5.74, 6) is -0.335. The van der Waals surface area contributed by atoms with Crippen LogP contribution < -0.4 is 5.32 Å². The number of benzene rings is 1.